The van der Waals surface area contributed by atoms with E-state index in [0.717, 1.165) is 12.8 Å². The zero-order chi connectivity index (χ0) is 12.3. The average Bonchev–Trinajstić information content (AvgIpc) is 2.77. The van der Waals surface area contributed by atoms with Gasteiger partial charge >= 0.3 is 0 Å². The van der Waals surface area contributed by atoms with Crippen LogP contribution in [0.4, 0.5) is 0 Å². The summed E-state index contributed by atoms with van der Waals surface area (Å²) in [7, 11) is 0. The first-order valence-electron chi connectivity index (χ1n) is 6.14. The van der Waals surface area contributed by atoms with E-state index in [1.807, 2.05) is 6.92 Å². The summed E-state index contributed by atoms with van der Waals surface area (Å²) >= 11 is 0. The van der Waals surface area contributed by atoms with E-state index >= 15 is 0 Å². The molecule has 1 unspecified atom stereocenters. The Morgan fingerprint density at radius 2 is 2.12 bits per heavy atom. The Balaban J connectivity index is 2.18. The van der Waals surface area contributed by atoms with Gasteiger partial charge in [0, 0.05) is 11.8 Å². The normalized spacial score (nSPS) is 20.2. The van der Waals surface area contributed by atoms with Crippen molar-refractivity contribution in [1.82, 2.24) is 4.98 Å². The van der Waals surface area contributed by atoms with Gasteiger partial charge in [0.1, 0.15) is 11.9 Å². The maximum absolute atomic E-state index is 10.3. The van der Waals surface area contributed by atoms with Crippen LogP contribution in [0.2, 0.25) is 0 Å². The molecule has 4 heteroatoms. The molecule has 0 amide bonds. The largest absolute Gasteiger partial charge is 0.492 e. The standard InChI is InChI=1S/C13H19NO3/c1-2-17-11-7-10(8-14-9-11)12(15)13(16)5-3-4-6-13/h7-9,12,15-16H,2-6H2,1H3. The Hall–Kier alpha value is -1.13. The van der Waals surface area contributed by atoms with Gasteiger partial charge in [-0.2, -0.15) is 0 Å². The van der Waals surface area contributed by atoms with Gasteiger partial charge < -0.3 is 14.9 Å². The van der Waals surface area contributed by atoms with Crippen LogP contribution in [0.15, 0.2) is 18.5 Å². The van der Waals surface area contributed by atoms with Gasteiger partial charge in [0.15, 0.2) is 0 Å². The van der Waals surface area contributed by atoms with Crippen LogP contribution in [0, 0.1) is 0 Å². The molecule has 1 aliphatic carbocycles. The fourth-order valence-electron chi connectivity index (χ4n) is 2.40. The van der Waals surface area contributed by atoms with Crippen molar-refractivity contribution < 1.29 is 14.9 Å². The van der Waals surface area contributed by atoms with Crippen LogP contribution in [0.3, 0.4) is 0 Å². The number of aliphatic hydroxyl groups excluding tert-OH is 1. The summed E-state index contributed by atoms with van der Waals surface area (Å²) in [6.45, 7) is 2.46. The predicted molar refractivity (Wildman–Crippen MR) is 63.8 cm³/mol. The van der Waals surface area contributed by atoms with Crippen LogP contribution in [0.25, 0.3) is 0 Å². The summed E-state index contributed by atoms with van der Waals surface area (Å²) in [4.78, 5) is 4.03. The summed E-state index contributed by atoms with van der Waals surface area (Å²) in [6.07, 6.45) is 5.54. The van der Waals surface area contributed by atoms with Crippen LogP contribution in [-0.2, 0) is 0 Å². The zero-order valence-electron chi connectivity index (χ0n) is 10.1. The predicted octanol–water partition coefficient (Wildman–Crippen LogP) is 1.82. The minimum absolute atomic E-state index is 0.561. The Labute approximate surface area is 101 Å². The monoisotopic (exact) mass is 237 g/mol. The van der Waals surface area contributed by atoms with Crippen molar-refractivity contribution in [3.63, 3.8) is 0 Å². The van der Waals surface area contributed by atoms with E-state index in [-0.39, 0.29) is 0 Å². The van der Waals surface area contributed by atoms with Crippen molar-refractivity contribution in [2.75, 3.05) is 6.61 Å². The number of aromatic nitrogens is 1. The number of rotatable bonds is 4. The lowest BCUT2D eigenvalue weighted by molar-refractivity contribution is -0.0721. The molecule has 0 spiro atoms. The minimum atomic E-state index is -0.994. The highest BCUT2D eigenvalue weighted by molar-refractivity contribution is 5.27. The molecule has 2 rings (SSSR count). The maximum Gasteiger partial charge on any atom is 0.137 e. The third-order valence-electron chi connectivity index (χ3n) is 3.34. The topological polar surface area (TPSA) is 62.6 Å². The molecule has 1 saturated carbocycles. The molecule has 17 heavy (non-hydrogen) atoms. The molecule has 1 atom stereocenters. The number of hydrogen-bond donors (Lipinski definition) is 2. The van der Waals surface area contributed by atoms with Crippen LogP contribution >= 0.6 is 0 Å². The van der Waals surface area contributed by atoms with Gasteiger partial charge in [0.05, 0.1) is 18.4 Å². The first-order valence-corrected chi connectivity index (χ1v) is 6.14. The summed E-state index contributed by atoms with van der Waals surface area (Å²) < 4.78 is 5.34. The number of hydrogen-bond acceptors (Lipinski definition) is 4. The first kappa shape index (κ1) is 12.3. The lowest BCUT2D eigenvalue weighted by Gasteiger charge is -2.28. The Bertz CT molecular complexity index is 375. The molecular formula is C13H19NO3. The van der Waals surface area contributed by atoms with Crippen molar-refractivity contribution in [2.24, 2.45) is 0 Å². The van der Waals surface area contributed by atoms with Gasteiger partial charge in [-0.1, -0.05) is 12.8 Å². The molecule has 0 bridgehead atoms. The summed E-state index contributed by atoms with van der Waals surface area (Å²) in [5, 5.41) is 20.5. The highest BCUT2D eigenvalue weighted by atomic mass is 16.5. The molecule has 4 nitrogen and oxygen atoms in total. The third-order valence-corrected chi connectivity index (χ3v) is 3.34. The summed E-state index contributed by atoms with van der Waals surface area (Å²) in [5.41, 5.74) is -0.368. The number of ether oxygens (including phenoxy) is 1. The van der Waals surface area contributed by atoms with E-state index in [1.54, 1.807) is 18.5 Å². The van der Waals surface area contributed by atoms with E-state index < -0.39 is 11.7 Å². The molecule has 1 heterocycles. The number of aliphatic hydroxyl groups is 2. The zero-order valence-corrected chi connectivity index (χ0v) is 10.1. The molecule has 0 radical (unpaired) electrons. The van der Waals surface area contributed by atoms with E-state index in [0.29, 0.717) is 30.8 Å². The van der Waals surface area contributed by atoms with Crippen LogP contribution in [-0.4, -0.2) is 27.4 Å². The van der Waals surface area contributed by atoms with Gasteiger partial charge in [0.25, 0.3) is 0 Å². The van der Waals surface area contributed by atoms with Gasteiger partial charge in [-0.15, -0.1) is 0 Å². The highest BCUT2D eigenvalue weighted by Crippen LogP contribution is 2.39. The second-order valence-electron chi connectivity index (χ2n) is 4.60. The van der Waals surface area contributed by atoms with E-state index in [9.17, 15) is 10.2 Å². The highest BCUT2D eigenvalue weighted by Gasteiger charge is 2.39. The van der Waals surface area contributed by atoms with E-state index in [1.165, 1.54) is 0 Å². The second kappa shape index (κ2) is 5.02. The third kappa shape index (κ3) is 2.58. The Morgan fingerprint density at radius 3 is 2.76 bits per heavy atom. The molecule has 1 aliphatic rings. The SMILES string of the molecule is CCOc1cncc(C(O)C2(O)CCCC2)c1. The van der Waals surface area contributed by atoms with Gasteiger partial charge in [-0.25, -0.2) is 0 Å². The first-order chi connectivity index (χ1) is 8.15. The van der Waals surface area contributed by atoms with Gasteiger partial charge in [0.2, 0.25) is 0 Å². The van der Waals surface area contributed by atoms with Gasteiger partial charge in [-0.05, 0) is 25.8 Å². The molecule has 94 valence electrons. The maximum atomic E-state index is 10.3. The smallest absolute Gasteiger partial charge is 0.137 e. The summed E-state index contributed by atoms with van der Waals surface area (Å²) in [6, 6.07) is 1.75. The molecule has 1 aromatic rings. The molecule has 0 saturated heterocycles. The number of pyridine rings is 1. The number of nitrogens with zero attached hydrogens (tertiary/aromatic N) is 1. The van der Waals surface area contributed by atoms with Crippen LogP contribution in [0.5, 0.6) is 5.75 Å². The van der Waals surface area contributed by atoms with Crippen molar-refractivity contribution in [3.05, 3.63) is 24.0 Å². The molecule has 2 N–H and O–H groups in total. The van der Waals surface area contributed by atoms with E-state index in [2.05, 4.69) is 4.98 Å². The molecule has 0 aromatic carbocycles. The Kier molecular flexibility index (Phi) is 3.64. The fourth-order valence-corrected chi connectivity index (χ4v) is 2.40. The molecule has 0 aliphatic heterocycles. The van der Waals surface area contributed by atoms with E-state index in [4.69, 9.17) is 4.74 Å². The lowest BCUT2D eigenvalue weighted by Crippen LogP contribution is -2.32. The minimum Gasteiger partial charge on any atom is -0.492 e. The van der Waals surface area contributed by atoms with Crippen molar-refractivity contribution in [1.29, 1.82) is 0 Å². The quantitative estimate of drug-likeness (QED) is 0.838. The second-order valence-corrected chi connectivity index (χ2v) is 4.60. The fraction of sp³-hybridized carbons (Fsp3) is 0.615. The summed E-state index contributed by atoms with van der Waals surface area (Å²) in [5.74, 6) is 0.630. The van der Waals surface area contributed by atoms with Crippen molar-refractivity contribution in [3.8, 4) is 5.75 Å². The molecule has 1 aromatic heterocycles. The average molecular weight is 237 g/mol. The van der Waals surface area contributed by atoms with Gasteiger partial charge in [-0.3, -0.25) is 4.98 Å². The van der Waals surface area contributed by atoms with Crippen LogP contribution in [0.1, 0.15) is 44.3 Å². The van der Waals surface area contributed by atoms with Crippen LogP contribution < -0.4 is 4.74 Å². The van der Waals surface area contributed by atoms with Crippen molar-refractivity contribution in [2.45, 2.75) is 44.3 Å². The lowest BCUT2D eigenvalue weighted by atomic mass is 9.90. The molecule has 1 fully saturated rings. The molecular weight excluding hydrogens is 218 g/mol. The Morgan fingerprint density at radius 1 is 1.41 bits per heavy atom. The van der Waals surface area contributed by atoms with Crippen molar-refractivity contribution >= 4 is 0 Å².